The number of carbonyl (C=O) groups is 4. The van der Waals surface area contributed by atoms with E-state index in [0.29, 0.717) is 32.1 Å². The number of amides is 3. The normalized spacial score (nSPS) is 20.1. The fourth-order valence-electron chi connectivity index (χ4n) is 3.30. The number of aldehydes is 1. The monoisotopic (exact) mass is 427 g/mol. The summed E-state index contributed by atoms with van der Waals surface area (Å²) in [6, 6.07) is -3.18. The lowest BCUT2D eigenvalue weighted by Gasteiger charge is -2.28. The molecule has 7 N–H and O–H groups in total. The van der Waals surface area contributed by atoms with Gasteiger partial charge in [-0.25, -0.2) is 0 Å². The molecule has 0 spiro atoms. The Bertz CT molecular complexity index is 578. The molecule has 1 aliphatic rings. The van der Waals surface area contributed by atoms with Gasteiger partial charge in [-0.3, -0.25) is 14.4 Å². The van der Waals surface area contributed by atoms with E-state index in [9.17, 15) is 24.3 Å². The number of hydrogen-bond donors (Lipinski definition) is 6. The zero-order valence-corrected chi connectivity index (χ0v) is 18.1. The van der Waals surface area contributed by atoms with E-state index in [2.05, 4.69) is 21.3 Å². The molecule has 1 fully saturated rings. The number of carbonyl (C=O) groups excluding carboxylic acids is 4. The van der Waals surface area contributed by atoms with Gasteiger partial charge in [-0.2, -0.15) is 0 Å². The van der Waals surface area contributed by atoms with Gasteiger partial charge in [0.1, 0.15) is 18.4 Å². The minimum atomic E-state index is -1.25. The van der Waals surface area contributed by atoms with Crippen molar-refractivity contribution in [2.24, 2.45) is 11.7 Å². The Morgan fingerprint density at radius 3 is 2.27 bits per heavy atom. The van der Waals surface area contributed by atoms with Gasteiger partial charge in [0, 0.05) is 0 Å². The summed E-state index contributed by atoms with van der Waals surface area (Å²) >= 11 is 0. The maximum Gasteiger partial charge on any atom is 0.245 e. The predicted octanol–water partition coefficient (Wildman–Crippen LogP) is -1.44. The number of hydrogen-bond acceptors (Lipinski definition) is 7. The highest BCUT2D eigenvalue weighted by atomic mass is 16.3. The molecule has 1 rings (SSSR count). The Labute approximate surface area is 178 Å². The van der Waals surface area contributed by atoms with Crippen LogP contribution in [-0.4, -0.2) is 72.5 Å². The average molecular weight is 428 g/mol. The van der Waals surface area contributed by atoms with Crippen LogP contribution in [0.1, 0.15) is 52.9 Å². The highest BCUT2D eigenvalue weighted by Crippen LogP contribution is 2.09. The second-order valence-corrected chi connectivity index (χ2v) is 8.14. The van der Waals surface area contributed by atoms with Gasteiger partial charge >= 0.3 is 0 Å². The third-order valence-electron chi connectivity index (χ3n) is 5.15. The largest absolute Gasteiger partial charge is 0.391 e. The molecule has 0 bridgehead atoms. The van der Waals surface area contributed by atoms with E-state index >= 15 is 0 Å². The van der Waals surface area contributed by atoms with Crippen LogP contribution in [0.3, 0.4) is 0 Å². The molecule has 0 unspecified atom stereocenters. The summed E-state index contributed by atoms with van der Waals surface area (Å²) in [5.74, 6) is -1.72. The van der Waals surface area contributed by atoms with Crippen molar-refractivity contribution in [1.82, 2.24) is 21.3 Å². The van der Waals surface area contributed by atoms with Gasteiger partial charge in [-0.15, -0.1) is 0 Å². The van der Waals surface area contributed by atoms with E-state index < -0.39 is 36.0 Å². The molecule has 1 aliphatic heterocycles. The summed E-state index contributed by atoms with van der Waals surface area (Å²) < 4.78 is 0. The van der Waals surface area contributed by atoms with Crippen molar-refractivity contribution in [1.29, 1.82) is 0 Å². The van der Waals surface area contributed by atoms with Crippen LogP contribution >= 0.6 is 0 Å². The van der Waals surface area contributed by atoms with Gasteiger partial charge in [0.15, 0.2) is 0 Å². The van der Waals surface area contributed by atoms with Crippen LogP contribution in [0.4, 0.5) is 0 Å². The van der Waals surface area contributed by atoms with Crippen molar-refractivity contribution in [3.8, 4) is 0 Å². The zero-order chi connectivity index (χ0) is 22.7. The molecule has 1 saturated heterocycles. The van der Waals surface area contributed by atoms with E-state index in [1.807, 2.05) is 0 Å². The van der Waals surface area contributed by atoms with E-state index in [-0.39, 0.29) is 17.9 Å². The first-order valence-corrected chi connectivity index (χ1v) is 10.7. The van der Waals surface area contributed by atoms with Crippen molar-refractivity contribution in [3.63, 3.8) is 0 Å². The smallest absolute Gasteiger partial charge is 0.245 e. The SMILES string of the molecule is CC(C)[C@H](NC(=O)[C@@H]1CCCN1)C(=O)N[C@H](C(=O)N[C@H](C=O)CCCCN)[C@@H](C)O. The highest BCUT2D eigenvalue weighted by molar-refractivity contribution is 5.94. The van der Waals surface area contributed by atoms with Crippen LogP contribution in [0.2, 0.25) is 0 Å². The molecule has 5 atom stereocenters. The summed E-state index contributed by atoms with van der Waals surface area (Å²) in [5, 5.41) is 20.9. The van der Waals surface area contributed by atoms with Crippen LogP contribution in [0.25, 0.3) is 0 Å². The summed E-state index contributed by atoms with van der Waals surface area (Å²) in [5.41, 5.74) is 5.44. The first-order chi connectivity index (χ1) is 14.2. The Balaban J connectivity index is 2.75. The van der Waals surface area contributed by atoms with Crippen LogP contribution < -0.4 is 27.0 Å². The van der Waals surface area contributed by atoms with Crippen molar-refractivity contribution >= 4 is 24.0 Å². The number of nitrogens with two attached hydrogens (primary N) is 1. The molecule has 1 heterocycles. The van der Waals surface area contributed by atoms with E-state index in [0.717, 1.165) is 19.4 Å². The highest BCUT2D eigenvalue weighted by Gasteiger charge is 2.33. The van der Waals surface area contributed by atoms with Crippen molar-refractivity contribution in [2.45, 2.75) is 83.1 Å². The van der Waals surface area contributed by atoms with E-state index in [1.165, 1.54) is 6.92 Å². The summed E-state index contributed by atoms with van der Waals surface area (Å²) in [4.78, 5) is 49.0. The van der Waals surface area contributed by atoms with E-state index in [1.54, 1.807) is 13.8 Å². The molecule has 10 heteroatoms. The minimum Gasteiger partial charge on any atom is -0.391 e. The lowest BCUT2D eigenvalue weighted by atomic mass is 10.0. The molecule has 0 radical (unpaired) electrons. The summed E-state index contributed by atoms with van der Waals surface area (Å²) in [6.45, 7) is 6.18. The first-order valence-electron chi connectivity index (χ1n) is 10.7. The fourth-order valence-corrected chi connectivity index (χ4v) is 3.30. The Hall–Kier alpha value is -2.04. The summed E-state index contributed by atoms with van der Waals surface area (Å²) in [7, 11) is 0. The van der Waals surface area contributed by atoms with Crippen LogP contribution in [0, 0.1) is 5.92 Å². The van der Waals surface area contributed by atoms with Crippen LogP contribution in [-0.2, 0) is 19.2 Å². The molecule has 0 aromatic rings. The van der Waals surface area contributed by atoms with Crippen molar-refractivity contribution in [3.05, 3.63) is 0 Å². The van der Waals surface area contributed by atoms with E-state index in [4.69, 9.17) is 5.73 Å². The lowest BCUT2D eigenvalue weighted by Crippen LogP contribution is -2.60. The summed E-state index contributed by atoms with van der Waals surface area (Å²) in [6.07, 6.45) is 2.85. The van der Waals surface area contributed by atoms with Crippen LogP contribution in [0.5, 0.6) is 0 Å². The van der Waals surface area contributed by atoms with Gasteiger partial charge in [-0.1, -0.05) is 13.8 Å². The van der Waals surface area contributed by atoms with Gasteiger partial charge in [0.05, 0.1) is 18.2 Å². The molecule has 172 valence electrons. The van der Waals surface area contributed by atoms with Crippen molar-refractivity contribution in [2.75, 3.05) is 13.1 Å². The van der Waals surface area contributed by atoms with Gasteiger partial charge in [0.2, 0.25) is 17.7 Å². The van der Waals surface area contributed by atoms with Gasteiger partial charge < -0.3 is 36.9 Å². The molecular formula is C20H37N5O5. The molecule has 0 aliphatic carbocycles. The first kappa shape index (κ1) is 26.0. The number of nitrogens with one attached hydrogen (secondary N) is 4. The maximum atomic E-state index is 12.8. The topological polar surface area (TPSA) is 163 Å². The molecule has 3 amide bonds. The number of aliphatic hydroxyl groups excluding tert-OH is 1. The number of aliphatic hydroxyl groups is 1. The Morgan fingerprint density at radius 2 is 1.77 bits per heavy atom. The molecule has 0 aromatic carbocycles. The minimum absolute atomic E-state index is 0.230. The quantitative estimate of drug-likeness (QED) is 0.155. The molecule has 0 aromatic heterocycles. The average Bonchev–Trinajstić information content (AvgIpc) is 3.23. The number of unbranched alkanes of at least 4 members (excludes halogenated alkanes) is 1. The molecule has 0 saturated carbocycles. The fraction of sp³-hybridized carbons (Fsp3) is 0.800. The third kappa shape index (κ3) is 8.37. The number of rotatable bonds is 13. The second-order valence-electron chi connectivity index (χ2n) is 8.14. The molecule has 10 nitrogen and oxygen atoms in total. The Morgan fingerprint density at radius 1 is 1.10 bits per heavy atom. The maximum absolute atomic E-state index is 12.8. The van der Waals surface area contributed by atoms with Gasteiger partial charge in [-0.05, 0) is 58.0 Å². The predicted molar refractivity (Wildman–Crippen MR) is 112 cm³/mol. The lowest BCUT2D eigenvalue weighted by molar-refractivity contribution is -0.135. The molecule has 30 heavy (non-hydrogen) atoms. The molecular weight excluding hydrogens is 390 g/mol. The van der Waals surface area contributed by atoms with Crippen LogP contribution in [0.15, 0.2) is 0 Å². The standard InChI is InChI=1S/C20H37N5O5/c1-12(2)16(24-18(28)15-8-6-10-22-15)19(29)25-17(13(3)27)20(30)23-14(11-26)7-4-5-9-21/h11-17,22,27H,4-10,21H2,1-3H3,(H,23,30)(H,24,28)(H,25,29)/t13-,14+,15+,16+,17+/m1/s1. The Kier molecular flexibility index (Phi) is 11.5. The van der Waals surface area contributed by atoms with Gasteiger partial charge in [0.25, 0.3) is 0 Å². The van der Waals surface area contributed by atoms with Crippen molar-refractivity contribution < 1.29 is 24.3 Å². The second kappa shape index (κ2) is 13.3. The zero-order valence-electron chi connectivity index (χ0n) is 18.1. The third-order valence-corrected chi connectivity index (χ3v) is 5.15.